The van der Waals surface area contributed by atoms with Gasteiger partial charge in [-0.1, -0.05) is 24.6 Å². The van der Waals surface area contributed by atoms with Gasteiger partial charge in [-0.25, -0.2) is 0 Å². The number of carbonyl (C=O) groups is 1. The number of aryl methyl sites for hydroxylation is 1. The predicted molar refractivity (Wildman–Crippen MR) is 71.7 cm³/mol. The summed E-state index contributed by atoms with van der Waals surface area (Å²) in [6.45, 7) is 6.53. The minimum atomic E-state index is -0.0542. The van der Waals surface area contributed by atoms with Gasteiger partial charge in [0.25, 0.3) is 5.91 Å². The second-order valence-electron chi connectivity index (χ2n) is 3.92. The molecule has 0 saturated heterocycles. The average molecular weight is 255 g/mol. The van der Waals surface area contributed by atoms with E-state index in [0.29, 0.717) is 17.1 Å². The number of halogens is 1. The molecule has 1 aromatic carbocycles. The second kappa shape index (κ2) is 7.30. The van der Waals surface area contributed by atoms with Gasteiger partial charge in [-0.2, -0.15) is 0 Å². The summed E-state index contributed by atoms with van der Waals surface area (Å²) in [4.78, 5) is 11.9. The van der Waals surface area contributed by atoms with E-state index in [0.717, 1.165) is 25.1 Å². The number of benzene rings is 1. The molecule has 0 unspecified atom stereocenters. The van der Waals surface area contributed by atoms with Gasteiger partial charge in [0, 0.05) is 17.1 Å². The summed E-state index contributed by atoms with van der Waals surface area (Å²) < 4.78 is 0. The third-order valence-corrected chi connectivity index (χ3v) is 2.75. The van der Waals surface area contributed by atoms with Crippen LogP contribution in [-0.2, 0) is 0 Å². The Hall–Kier alpha value is -1.06. The van der Waals surface area contributed by atoms with Crippen molar-refractivity contribution in [2.75, 3.05) is 19.6 Å². The van der Waals surface area contributed by atoms with Gasteiger partial charge in [-0.15, -0.1) is 0 Å². The molecule has 1 amide bonds. The molecule has 0 atom stereocenters. The van der Waals surface area contributed by atoms with Crippen molar-refractivity contribution in [2.45, 2.75) is 20.3 Å². The van der Waals surface area contributed by atoms with Crippen LogP contribution in [0.25, 0.3) is 0 Å². The van der Waals surface area contributed by atoms with E-state index in [1.807, 2.05) is 13.0 Å². The van der Waals surface area contributed by atoms with Gasteiger partial charge in [0.15, 0.2) is 0 Å². The minimum absolute atomic E-state index is 0.0542. The molecule has 0 aliphatic rings. The monoisotopic (exact) mass is 254 g/mol. The molecule has 0 fully saturated rings. The quantitative estimate of drug-likeness (QED) is 0.766. The fraction of sp³-hybridized carbons (Fsp3) is 0.462. The van der Waals surface area contributed by atoms with Crippen LogP contribution >= 0.6 is 11.6 Å². The number of amides is 1. The predicted octanol–water partition coefficient (Wildman–Crippen LogP) is 2.38. The first-order valence-corrected chi connectivity index (χ1v) is 6.28. The zero-order valence-electron chi connectivity index (χ0n) is 10.3. The first-order chi connectivity index (χ1) is 8.15. The maximum atomic E-state index is 11.9. The maximum absolute atomic E-state index is 11.9. The summed E-state index contributed by atoms with van der Waals surface area (Å²) in [6.07, 6.45) is 0.930. The first kappa shape index (κ1) is 14.0. The largest absolute Gasteiger partial charge is 0.352 e. The molecule has 0 spiro atoms. The maximum Gasteiger partial charge on any atom is 0.251 e. The Labute approximate surface area is 108 Å². The number of carbonyl (C=O) groups excluding carboxylic acids is 1. The summed E-state index contributed by atoms with van der Waals surface area (Å²) >= 11 is 5.87. The van der Waals surface area contributed by atoms with Crippen molar-refractivity contribution in [1.29, 1.82) is 0 Å². The lowest BCUT2D eigenvalue weighted by atomic mass is 10.1. The van der Waals surface area contributed by atoms with Gasteiger partial charge in [0.2, 0.25) is 0 Å². The van der Waals surface area contributed by atoms with E-state index in [1.54, 1.807) is 12.1 Å². The SMILES string of the molecule is CCNCCCNC(=O)c1cc(Cl)ccc1C. The lowest BCUT2D eigenvalue weighted by Crippen LogP contribution is -2.27. The number of nitrogens with one attached hydrogen (secondary N) is 2. The van der Waals surface area contributed by atoms with Crippen molar-refractivity contribution in [3.05, 3.63) is 34.3 Å². The Morgan fingerprint density at radius 3 is 2.82 bits per heavy atom. The Morgan fingerprint density at radius 1 is 1.35 bits per heavy atom. The third-order valence-electron chi connectivity index (χ3n) is 2.51. The van der Waals surface area contributed by atoms with Crippen LogP contribution in [0.1, 0.15) is 29.3 Å². The molecular formula is C13H19ClN2O. The van der Waals surface area contributed by atoms with Crippen LogP contribution in [0.4, 0.5) is 0 Å². The van der Waals surface area contributed by atoms with Gasteiger partial charge < -0.3 is 10.6 Å². The molecule has 0 heterocycles. The summed E-state index contributed by atoms with van der Waals surface area (Å²) in [6, 6.07) is 5.35. The molecule has 0 bridgehead atoms. The van der Waals surface area contributed by atoms with Crippen LogP contribution in [0, 0.1) is 6.92 Å². The van der Waals surface area contributed by atoms with E-state index in [4.69, 9.17) is 11.6 Å². The van der Waals surface area contributed by atoms with Crippen LogP contribution in [-0.4, -0.2) is 25.5 Å². The molecule has 0 aromatic heterocycles. The molecule has 94 valence electrons. The molecule has 0 radical (unpaired) electrons. The topological polar surface area (TPSA) is 41.1 Å². The van der Waals surface area contributed by atoms with E-state index in [1.165, 1.54) is 0 Å². The summed E-state index contributed by atoms with van der Waals surface area (Å²) in [5.74, 6) is -0.0542. The van der Waals surface area contributed by atoms with Gasteiger partial charge >= 0.3 is 0 Å². The molecule has 0 aliphatic heterocycles. The molecule has 17 heavy (non-hydrogen) atoms. The Bertz CT molecular complexity index is 380. The smallest absolute Gasteiger partial charge is 0.251 e. The molecule has 1 aromatic rings. The fourth-order valence-corrected chi connectivity index (χ4v) is 1.70. The Morgan fingerprint density at radius 2 is 2.12 bits per heavy atom. The van der Waals surface area contributed by atoms with E-state index >= 15 is 0 Å². The molecule has 1 rings (SSSR count). The number of rotatable bonds is 6. The van der Waals surface area contributed by atoms with Gasteiger partial charge in [-0.3, -0.25) is 4.79 Å². The molecule has 0 saturated carbocycles. The van der Waals surface area contributed by atoms with Crippen molar-refractivity contribution in [3.8, 4) is 0 Å². The number of hydrogen-bond acceptors (Lipinski definition) is 2. The van der Waals surface area contributed by atoms with Crippen LogP contribution in [0.15, 0.2) is 18.2 Å². The summed E-state index contributed by atoms with van der Waals surface area (Å²) in [5, 5.41) is 6.69. The van der Waals surface area contributed by atoms with Crippen molar-refractivity contribution < 1.29 is 4.79 Å². The molecular weight excluding hydrogens is 236 g/mol. The van der Waals surface area contributed by atoms with E-state index in [9.17, 15) is 4.79 Å². The van der Waals surface area contributed by atoms with Crippen LogP contribution in [0.5, 0.6) is 0 Å². The van der Waals surface area contributed by atoms with E-state index in [-0.39, 0.29) is 5.91 Å². The highest BCUT2D eigenvalue weighted by Crippen LogP contribution is 2.15. The molecule has 2 N–H and O–H groups in total. The normalized spacial score (nSPS) is 10.3. The minimum Gasteiger partial charge on any atom is -0.352 e. The van der Waals surface area contributed by atoms with E-state index in [2.05, 4.69) is 17.6 Å². The number of hydrogen-bond donors (Lipinski definition) is 2. The van der Waals surface area contributed by atoms with Gasteiger partial charge in [-0.05, 0) is 44.1 Å². The molecule has 3 nitrogen and oxygen atoms in total. The van der Waals surface area contributed by atoms with Crippen molar-refractivity contribution in [2.24, 2.45) is 0 Å². The molecule has 0 aliphatic carbocycles. The van der Waals surface area contributed by atoms with Crippen LogP contribution in [0.3, 0.4) is 0 Å². The molecule has 4 heteroatoms. The fourth-order valence-electron chi connectivity index (χ4n) is 1.53. The standard InChI is InChI=1S/C13H19ClN2O/c1-3-15-7-4-8-16-13(17)12-9-11(14)6-5-10(12)2/h5-6,9,15H,3-4,7-8H2,1-2H3,(H,16,17). The zero-order valence-corrected chi connectivity index (χ0v) is 11.1. The van der Waals surface area contributed by atoms with Crippen LogP contribution < -0.4 is 10.6 Å². The lowest BCUT2D eigenvalue weighted by molar-refractivity contribution is 0.0952. The third kappa shape index (κ3) is 4.75. The van der Waals surface area contributed by atoms with Gasteiger partial charge in [0.1, 0.15) is 0 Å². The van der Waals surface area contributed by atoms with Gasteiger partial charge in [0.05, 0.1) is 0 Å². The second-order valence-corrected chi connectivity index (χ2v) is 4.36. The highest BCUT2D eigenvalue weighted by atomic mass is 35.5. The summed E-state index contributed by atoms with van der Waals surface area (Å²) in [7, 11) is 0. The Kier molecular flexibility index (Phi) is 6.01. The first-order valence-electron chi connectivity index (χ1n) is 5.90. The average Bonchev–Trinajstić information content (AvgIpc) is 2.32. The van der Waals surface area contributed by atoms with Crippen molar-refractivity contribution in [3.63, 3.8) is 0 Å². The highest BCUT2D eigenvalue weighted by molar-refractivity contribution is 6.31. The summed E-state index contributed by atoms with van der Waals surface area (Å²) in [5.41, 5.74) is 1.60. The zero-order chi connectivity index (χ0) is 12.7. The van der Waals surface area contributed by atoms with Crippen LogP contribution in [0.2, 0.25) is 5.02 Å². The van der Waals surface area contributed by atoms with E-state index < -0.39 is 0 Å². The highest BCUT2D eigenvalue weighted by Gasteiger charge is 2.08. The Balaban J connectivity index is 2.44. The van der Waals surface area contributed by atoms with Crippen molar-refractivity contribution >= 4 is 17.5 Å². The lowest BCUT2D eigenvalue weighted by Gasteiger charge is -2.08. The van der Waals surface area contributed by atoms with Crippen molar-refractivity contribution in [1.82, 2.24) is 10.6 Å².